The summed E-state index contributed by atoms with van der Waals surface area (Å²) in [4.78, 5) is 0. The molecule has 5 heteroatoms. The molecule has 1 rings (SSSR count). The number of rotatable bonds is 1. The first kappa shape index (κ1) is 9.26. The van der Waals surface area contributed by atoms with Crippen LogP contribution < -0.4 is 4.35 Å². The van der Waals surface area contributed by atoms with Gasteiger partial charge in [-0.05, 0) is 0 Å². The van der Waals surface area contributed by atoms with Crippen LogP contribution in [0.3, 0.4) is 0 Å². The van der Waals surface area contributed by atoms with Gasteiger partial charge < -0.3 is 0 Å². The van der Waals surface area contributed by atoms with E-state index in [0.29, 0.717) is 3.57 Å². The van der Waals surface area contributed by atoms with Crippen molar-refractivity contribution in [1.29, 1.82) is 0 Å². The Morgan fingerprint density at radius 3 is 2.45 bits per heavy atom. The Bertz CT molecular complexity index is 303. The van der Waals surface area contributed by atoms with E-state index in [4.69, 9.17) is 0 Å². The average molecular weight is 330 g/mol. The quantitative estimate of drug-likeness (QED) is 0.430. The summed E-state index contributed by atoms with van der Waals surface area (Å²) in [7, 11) is 0. The molecule has 0 heterocycles. The predicted octanol–water partition coefficient (Wildman–Crippen LogP) is 1.24. The zero-order valence-corrected chi connectivity index (χ0v) is 9.18. The van der Waals surface area contributed by atoms with Gasteiger partial charge in [-0.25, -0.2) is 0 Å². The molecule has 0 N–H and O–H groups in total. The maximum atomic E-state index is 12.6. The fourth-order valence-electron chi connectivity index (χ4n) is 0.582. The number of hydrogen-bond donors (Lipinski definition) is 0. The second-order valence-corrected chi connectivity index (χ2v) is 4.37. The van der Waals surface area contributed by atoms with Gasteiger partial charge in [0.15, 0.2) is 0 Å². The molecule has 0 atom stereocenters. The predicted molar refractivity (Wildman–Crippen MR) is 45.1 cm³/mol. The zero-order chi connectivity index (χ0) is 8.43. The van der Waals surface area contributed by atoms with E-state index in [0.717, 1.165) is 6.07 Å². The third-order valence-corrected chi connectivity index (χ3v) is 3.05. The molecule has 0 spiro atoms. The third kappa shape index (κ3) is 2.06. The van der Waals surface area contributed by atoms with Crippen molar-refractivity contribution >= 4 is 42.6 Å². The van der Waals surface area contributed by atoms with E-state index >= 15 is 0 Å². The minimum atomic E-state index is -1.41. The summed E-state index contributed by atoms with van der Waals surface area (Å²) in [5, 5.41) is 0. The van der Waals surface area contributed by atoms with Gasteiger partial charge in [-0.1, -0.05) is 0 Å². The molecule has 1 nitrogen and oxygen atoms in total. The summed E-state index contributed by atoms with van der Waals surface area (Å²) < 4.78 is 35.9. The van der Waals surface area contributed by atoms with E-state index < -0.39 is 27.3 Å². The van der Waals surface area contributed by atoms with E-state index in [-0.39, 0.29) is 4.35 Å². The molecule has 0 bridgehead atoms. The molecule has 0 aliphatic heterocycles. The molecule has 0 aliphatic carbocycles. The van der Waals surface area contributed by atoms with E-state index in [2.05, 4.69) is 0 Å². The zero-order valence-electron chi connectivity index (χ0n) is 5.14. The van der Waals surface area contributed by atoms with Gasteiger partial charge in [0.25, 0.3) is 0 Å². The van der Waals surface area contributed by atoms with Crippen molar-refractivity contribution in [2.75, 3.05) is 0 Å². The van der Waals surface area contributed by atoms with Crippen molar-refractivity contribution < 1.29 is 12.5 Å². The summed E-state index contributed by atoms with van der Waals surface area (Å²) in [5.74, 6) is -1.33. The second-order valence-electron chi connectivity index (χ2n) is 1.81. The van der Waals surface area contributed by atoms with Crippen molar-refractivity contribution in [3.63, 3.8) is 0 Å². The Balaban J connectivity index is 3.31. The molecular weight excluding hydrogens is 328 g/mol. The monoisotopic (exact) mass is 330 g/mol. The fraction of sp³-hybridized carbons (Fsp3) is 0. The van der Waals surface area contributed by atoms with Gasteiger partial charge in [-0.3, -0.25) is 0 Å². The molecule has 58 valence electrons. The second kappa shape index (κ2) is 3.72. The molecule has 1 aromatic rings. The molecule has 0 aliphatic rings. The molecule has 0 saturated carbocycles. The number of benzene rings is 1. The van der Waals surface area contributed by atoms with E-state index in [1.54, 1.807) is 22.6 Å². The number of hydrogen-bond acceptors (Lipinski definition) is 1. The maximum absolute atomic E-state index is 12.6. The van der Waals surface area contributed by atoms with Crippen molar-refractivity contribution in [2.45, 2.75) is 0 Å². The van der Waals surface area contributed by atoms with Crippen LogP contribution >= 0.6 is 22.6 Å². The van der Waals surface area contributed by atoms with Gasteiger partial charge in [-0.2, -0.15) is 0 Å². The summed E-state index contributed by atoms with van der Waals surface area (Å²) in [6, 6.07) is 2.02. The number of halogens is 3. The first-order valence-electron chi connectivity index (χ1n) is 2.63. The van der Waals surface area contributed by atoms with Crippen LogP contribution in [0.25, 0.3) is 0 Å². The Morgan fingerprint density at radius 2 is 1.91 bits per heavy atom. The summed E-state index contributed by atoms with van der Waals surface area (Å²) in [6.07, 6.45) is 0. The van der Waals surface area contributed by atoms with Gasteiger partial charge in [0.2, 0.25) is 0 Å². The van der Waals surface area contributed by atoms with Crippen LogP contribution in [-0.4, -0.2) is 15.7 Å². The average Bonchev–Trinajstić information content (AvgIpc) is 1.97. The van der Waals surface area contributed by atoms with Crippen molar-refractivity contribution in [2.24, 2.45) is 0 Å². The Labute approximate surface area is 82.2 Å². The Hall–Kier alpha value is 0.168. The van der Waals surface area contributed by atoms with Crippen LogP contribution in [-0.2, 0) is 3.74 Å². The Morgan fingerprint density at radius 1 is 1.27 bits per heavy atom. The van der Waals surface area contributed by atoms with E-state index in [9.17, 15) is 12.5 Å². The van der Waals surface area contributed by atoms with Gasteiger partial charge in [0.1, 0.15) is 0 Å². The molecule has 11 heavy (non-hydrogen) atoms. The third-order valence-electron chi connectivity index (χ3n) is 1.09. The van der Waals surface area contributed by atoms with Crippen molar-refractivity contribution in [1.82, 2.24) is 0 Å². The van der Waals surface area contributed by atoms with Gasteiger partial charge in [-0.15, -0.1) is 0 Å². The molecule has 0 amide bonds. The fourth-order valence-corrected chi connectivity index (χ4v) is 2.28. The molecule has 1 aromatic carbocycles. The topological polar surface area (TPSA) is 17.1 Å². The molecule has 0 saturated heterocycles. The molecule has 0 aromatic heterocycles. The van der Waals surface area contributed by atoms with Crippen LogP contribution in [0.2, 0.25) is 0 Å². The van der Waals surface area contributed by atoms with Gasteiger partial charge in [0, 0.05) is 0 Å². The molecular formula is C6H2AsF2IO. The molecule has 0 fully saturated rings. The summed E-state index contributed by atoms with van der Waals surface area (Å²) in [5.41, 5.74) is 0. The first-order valence-corrected chi connectivity index (χ1v) is 5.41. The van der Waals surface area contributed by atoms with Crippen LogP contribution in [0, 0.1) is 15.2 Å². The SMILES string of the molecule is O=[As]c1cc(I)c(F)cc1F. The summed E-state index contributed by atoms with van der Waals surface area (Å²) >= 11 is 0.317. The summed E-state index contributed by atoms with van der Waals surface area (Å²) in [6.45, 7) is 0. The van der Waals surface area contributed by atoms with Crippen LogP contribution in [0.5, 0.6) is 0 Å². The van der Waals surface area contributed by atoms with Crippen LogP contribution in [0.1, 0.15) is 0 Å². The molecule has 0 radical (unpaired) electrons. The molecule has 0 unspecified atom stereocenters. The minimum absolute atomic E-state index is 0.104. The van der Waals surface area contributed by atoms with Crippen molar-refractivity contribution in [3.05, 3.63) is 27.3 Å². The van der Waals surface area contributed by atoms with E-state index in [1.807, 2.05) is 0 Å². The van der Waals surface area contributed by atoms with Gasteiger partial charge >= 0.3 is 82.5 Å². The van der Waals surface area contributed by atoms with E-state index in [1.165, 1.54) is 6.07 Å². The first-order chi connectivity index (χ1) is 5.15. The van der Waals surface area contributed by atoms with Gasteiger partial charge in [0.05, 0.1) is 0 Å². The van der Waals surface area contributed by atoms with Crippen molar-refractivity contribution in [3.8, 4) is 0 Å². The Kier molecular flexibility index (Phi) is 3.13. The van der Waals surface area contributed by atoms with Crippen LogP contribution in [0.4, 0.5) is 8.78 Å². The van der Waals surface area contributed by atoms with Crippen LogP contribution in [0.15, 0.2) is 12.1 Å². The normalized spacial score (nSPS) is 10.5. The standard InChI is InChI=1S/C6H2AsF2IO/c8-4-2-5(9)6(10)1-3(4)7-11/h1-2H.